The summed E-state index contributed by atoms with van der Waals surface area (Å²) >= 11 is 0. The number of carbonyl (C=O) groups is 2. The highest BCUT2D eigenvalue weighted by Gasteiger charge is 2.27. The highest BCUT2D eigenvalue weighted by atomic mass is 16.2. The van der Waals surface area contributed by atoms with Gasteiger partial charge in [-0.3, -0.25) is 9.59 Å². The summed E-state index contributed by atoms with van der Waals surface area (Å²) in [5.74, 6) is -0.140. The fourth-order valence-corrected chi connectivity index (χ4v) is 2.15. The summed E-state index contributed by atoms with van der Waals surface area (Å²) in [6, 6.07) is 7.54. The van der Waals surface area contributed by atoms with Crippen LogP contribution < -0.4 is 5.32 Å². The summed E-state index contributed by atoms with van der Waals surface area (Å²) in [5, 5.41) is 2.94. The molecular formula is C18H28N2O2. The number of carbonyl (C=O) groups excluding carboxylic acids is 2. The van der Waals surface area contributed by atoms with Crippen molar-refractivity contribution in [2.45, 2.75) is 66.1 Å². The van der Waals surface area contributed by atoms with Gasteiger partial charge in [-0.05, 0) is 40.2 Å². The predicted molar refractivity (Wildman–Crippen MR) is 89.4 cm³/mol. The van der Waals surface area contributed by atoms with E-state index in [2.05, 4.69) is 5.32 Å². The molecule has 1 atom stereocenters. The van der Waals surface area contributed by atoms with E-state index >= 15 is 0 Å². The first-order valence-corrected chi connectivity index (χ1v) is 7.81. The molecule has 0 aliphatic carbocycles. The summed E-state index contributed by atoms with van der Waals surface area (Å²) < 4.78 is 0. The van der Waals surface area contributed by atoms with Crippen LogP contribution in [0.5, 0.6) is 0 Å². The average molecular weight is 304 g/mol. The first kappa shape index (κ1) is 18.2. The van der Waals surface area contributed by atoms with Crippen LogP contribution in [0.1, 0.15) is 52.2 Å². The number of benzene rings is 1. The highest BCUT2D eigenvalue weighted by Crippen LogP contribution is 2.13. The van der Waals surface area contributed by atoms with Crippen LogP contribution in [0.15, 0.2) is 24.3 Å². The van der Waals surface area contributed by atoms with Crippen LogP contribution in [0.2, 0.25) is 0 Å². The average Bonchev–Trinajstić information content (AvgIpc) is 2.43. The molecule has 1 aromatic rings. The van der Waals surface area contributed by atoms with E-state index in [4.69, 9.17) is 0 Å². The molecule has 0 fully saturated rings. The van der Waals surface area contributed by atoms with E-state index < -0.39 is 6.04 Å². The normalized spacial score (nSPS) is 12.6. The van der Waals surface area contributed by atoms with E-state index in [-0.39, 0.29) is 17.4 Å². The Morgan fingerprint density at radius 3 is 2.18 bits per heavy atom. The van der Waals surface area contributed by atoms with Gasteiger partial charge >= 0.3 is 0 Å². The Morgan fingerprint density at radius 1 is 1.18 bits per heavy atom. The molecular weight excluding hydrogens is 276 g/mol. The molecule has 2 amide bonds. The first-order valence-electron chi connectivity index (χ1n) is 7.81. The van der Waals surface area contributed by atoms with Gasteiger partial charge in [-0.1, -0.05) is 36.8 Å². The van der Waals surface area contributed by atoms with Crippen LogP contribution in [-0.4, -0.2) is 28.3 Å². The zero-order valence-corrected chi connectivity index (χ0v) is 14.6. The third-order valence-electron chi connectivity index (χ3n) is 3.44. The smallest absolute Gasteiger partial charge is 0.242 e. The fourth-order valence-electron chi connectivity index (χ4n) is 2.15. The molecule has 4 nitrogen and oxygen atoms in total. The van der Waals surface area contributed by atoms with Crippen LogP contribution in [0.3, 0.4) is 0 Å². The van der Waals surface area contributed by atoms with Gasteiger partial charge in [-0.15, -0.1) is 0 Å². The molecule has 0 heterocycles. The van der Waals surface area contributed by atoms with E-state index in [1.807, 2.05) is 58.9 Å². The summed E-state index contributed by atoms with van der Waals surface area (Å²) in [7, 11) is 0. The maximum absolute atomic E-state index is 12.4. The molecule has 22 heavy (non-hydrogen) atoms. The molecule has 0 aliphatic rings. The van der Waals surface area contributed by atoms with Crippen molar-refractivity contribution in [2.24, 2.45) is 0 Å². The van der Waals surface area contributed by atoms with Gasteiger partial charge in [0.25, 0.3) is 0 Å². The standard InChI is InChI=1S/C18H28N2O2/c1-7-16(21)20(12-15-10-8-13(2)9-11-15)14(3)17(22)19-18(4,5)6/h8-11,14H,7,12H2,1-6H3,(H,19,22)/t14-/m1/s1. The van der Waals surface area contributed by atoms with Crippen LogP contribution in [-0.2, 0) is 16.1 Å². The molecule has 0 saturated carbocycles. The monoisotopic (exact) mass is 304 g/mol. The van der Waals surface area contributed by atoms with Gasteiger partial charge in [0.2, 0.25) is 11.8 Å². The van der Waals surface area contributed by atoms with Crippen molar-refractivity contribution >= 4 is 11.8 Å². The van der Waals surface area contributed by atoms with Crippen molar-refractivity contribution in [1.82, 2.24) is 10.2 Å². The second-order valence-corrected chi connectivity index (χ2v) is 6.78. The molecule has 122 valence electrons. The Hall–Kier alpha value is -1.84. The molecule has 0 aromatic heterocycles. The first-order chi connectivity index (χ1) is 10.1. The number of hydrogen-bond donors (Lipinski definition) is 1. The van der Waals surface area contributed by atoms with Crippen LogP contribution >= 0.6 is 0 Å². The number of nitrogens with one attached hydrogen (secondary N) is 1. The van der Waals surface area contributed by atoms with Crippen LogP contribution in [0.4, 0.5) is 0 Å². The van der Waals surface area contributed by atoms with Crippen molar-refractivity contribution in [1.29, 1.82) is 0 Å². The van der Waals surface area contributed by atoms with Crippen LogP contribution in [0.25, 0.3) is 0 Å². The van der Waals surface area contributed by atoms with Crippen molar-refractivity contribution in [3.63, 3.8) is 0 Å². The van der Waals surface area contributed by atoms with Crippen molar-refractivity contribution in [2.75, 3.05) is 0 Å². The number of amides is 2. The molecule has 0 saturated heterocycles. The summed E-state index contributed by atoms with van der Waals surface area (Å²) in [5.41, 5.74) is 1.90. The van der Waals surface area contributed by atoms with Gasteiger partial charge < -0.3 is 10.2 Å². The van der Waals surface area contributed by atoms with Gasteiger partial charge in [-0.2, -0.15) is 0 Å². The molecule has 4 heteroatoms. The maximum Gasteiger partial charge on any atom is 0.242 e. The highest BCUT2D eigenvalue weighted by molar-refractivity contribution is 5.87. The summed E-state index contributed by atoms with van der Waals surface area (Å²) in [6.07, 6.45) is 0.388. The predicted octanol–water partition coefficient (Wildman–Crippen LogP) is 3.04. The van der Waals surface area contributed by atoms with Crippen molar-refractivity contribution in [3.8, 4) is 0 Å². The molecule has 1 aromatic carbocycles. The number of rotatable bonds is 5. The van der Waals surface area contributed by atoms with Gasteiger partial charge in [0.15, 0.2) is 0 Å². The Balaban J connectivity index is 2.90. The van der Waals surface area contributed by atoms with E-state index in [1.54, 1.807) is 11.8 Å². The van der Waals surface area contributed by atoms with E-state index in [0.717, 1.165) is 5.56 Å². The summed E-state index contributed by atoms with van der Waals surface area (Å²) in [6.45, 7) is 11.9. The second kappa shape index (κ2) is 7.43. The van der Waals surface area contributed by atoms with Crippen molar-refractivity contribution in [3.05, 3.63) is 35.4 Å². The largest absolute Gasteiger partial charge is 0.350 e. The molecule has 1 rings (SSSR count). The minimum atomic E-state index is -0.493. The lowest BCUT2D eigenvalue weighted by atomic mass is 10.1. The lowest BCUT2D eigenvalue weighted by molar-refractivity contribution is -0.141. The Labute approximate surface area is 133 Å². The number of nitrogens with zero attached hydrogens (tertiary/aromatic N) is 1. The van der Waals surface area contributed by atoms with Crippen LogP contribution in [0, 0.1) is 6.92 Å². The number of aryl methyl sites for hydroxylation is 1. The summed E-state index contributed by atoms with van der Waals surface area (Å²) in [4.78, 5) is 26.2. The van der Waals surface area contributed by atoms with Gasteiger partial charge in [0, 0.05) is 18.5 Å². The molecule has 0 bridgehead atoms. The van der Waals surface area contributed by atoms with E-state index in [9.17, 15) is 9.59 Å². The molecule has 0 unspecified atom stereocenters. The molecule has 0 radical (unpaired) electrons. The minimum Gasteiger partial charge on any atom is -0.350 e. The maximum atomic E-state index is 12.4. The van der Waals surface area contributed by atoms with Gasteiger partial charge in [-0.25, -0.2) is 0 Å². The third kappa shape index (κ3) is 5.51. The Bertz CT molecular complexity index is 515. The zero-order valence-electron chi connectivity index (χ0n) is 14.6. The molecule has 1 N–H and O–H groups in total. The quantitative estimate of drug-likeness (QED) is 0.909. The van der Waals surface area contributed by atoms with Gasteiger partial charge in [0.05, 0.1) is 0 Å². The lowest BCUT2D eigenvalue weighted by Gasteiger charge is -2.31. The topological polar surface area (TPSA) is 49.4 Å². The Kier molecular flexibility index (Phi) is 6.15. The molecule has 0 aliphatic heterocycles. The molecule has 0 spiro atoms. The second-order valence-electron chi connectivity index (χ2n) is 6.78. The SMILES string of the molecule is CCC(=O)N(Cc1ccc(C)cc1)[C@H](C)C(=O)NC(C)(C)C. The minimum absolute atomic E-state index is 0.0165. The van der Waals surface area contributed by atoms with Gasteiger partial charge in [0.1, 0.15) is 6.04 Å². The van der Waals surface area contributed by atoms with Crippen molar-refractivity contribution < 1.29 is 9.59 Å². The third-order valence-corrected chi connectivity index (χ3v) is 3.44. The lowest BCUT2D eigenvalue weighted by Crippen LogP contribution is -2.52. The van der Waals surface area contributed by atoms with E-state index in [0.29, 0.717) is 13.0 Å². The zero-order chi connectivity index (χ0) is 16.9. The van der Waals surface area contributed by atoms with E-state index in [1.165, 1.54) is 5.56 Å². The fraction of sp³-hybridized carbons (Fsp3) is 0.556. The number of hydrogen-bond acceptors (Lipinski definition) is 2. The Morgan fingerprint density at radius 2 is 1.73 bits per heavy atom.